The smallest absolute Gasteiger partial charge is 0.0870 e. The summed E-state index contributed by atoms with van der Waals surface area (Å²) in [7, 11) is 0. The Bertz CT molecular complexity index is 472. The molecule has 1 saturated carbocycles. The van der Waals surface area contributed by atoms with Gasteiger partial charge < -0.3 is 4.74 Å². The van der Waals surface area contributed by atoms with Crippen molar-refractivity contribution in [2.75, 3.05) is 32.8 Å². The first-order chi connectivity index (χ1) is 10.9. The van der Waals surface area contributed by atoms with Gasteiger partial charge >= 0.3 is 0 Å². The van der Waals surface area contributed by atoms with E-state index < -0.39 is 0 Å². The maximum Gasteiger partial charge on any atom is 0.0870 e. The monoisotopic (exact) mass is 300 g/mol. The lowest BCUT2D eigenvalue weighted by molar-refractivity contribution is -0.0504. The predicted octanol–water partition coefficient (Wildman–Crippen LogP) is 2.76. The molecule has 0 N–H and O–H groups in total. The number of benzene rings is 1. The second-order valence-electron chi connectivity index (χ2n) is 7.30. The summed E-state index contributed by atoms with van der Waals surface area (Å²) in [6.45, 7) is 6.69. The molecule has 2 heterocycles. The summed E-state index contributed by atoms with van der Waals surface area (Å²) >= 11 is 0. The zero-order valence-electron chi connectivity index (χ0n) is 13.5. The molecule has 0 spiro atoms. The van der Waals surface area contributed by atoms with Crippen LogP contribution in [0, 0.1) is 5.92 Å². The second-order valence-corrected chi connectivity index (χ2v) is 7.30. The Kier molecular flexibility index (Phi) is 4.47. The van der Waals surface area contributed by atoms with Gasteiger partial charge in [0.15, 0.2) is 0 Å². The Morgan fingerprint density at radius 1 is 1.05 bits per heavy atom. The summed E-state index contributed by atoms with van der Waals surface area (Å²) in [6, 6.07) is 11.5. The molecular weight excluding hydrogens is 272 g/mol. The van der Waals surface area contributed by atoms with Gasteiger partial charge in [-0.3, -0.25) is 9.80 Å². The van der Waals surface area contributed by atoms with Gasteiger partial charge in [0.1, 0.15) is 0 Å². The van der Waals surface area contributed by atoms with E-state index in [2.05, 4.69) is 40.1 Å². The highest BCUT2D eigenvalue weighted by molar-refractivity contribution is 5.15. The summed E-state index contributed by atoms with van der Waals surface area (Å²) in [5.74, 6) is 0.947. The summed E-state index contributed by atoms with van der Waals surface area (Å²) < 4.78 is 6.08. The van der Waals surface area contributed by atoms with Crippen molar-refractivity contribution in [3.63, 3.8) is 0 Å². The molecule has 0 aromatic heterocycles. The van der Waals surface area contributed by atoms with Crippen LogP contribution in [0.4, 0.5) is 0 Å². The normalized spacial score (nSPS) is 30.7. The minimum atomic E-state index is 0.430. The molecule has 2 atom stereocenters. The lowest BCUT2D eigenvalue weighted by atomic mass is 10.1. The van der Waals surface area contributed by atoms with Crippen LogP contribution in [0.5, 0.6) is 0 Å². The molecule has 1 aromatic carbocycles. The molecule has 4 rings (SSSR count). The molecule has 22 heavy (non-hydrogen) atoms. The van der Waals surface area contributed by atoms with E-state index >= 15 is 0 Å². The molecule has 2 aliphatic heterocycles. The van der Waals surface area contributed by atoms with Crippen LogP contribution >= 0.6 is 0 Å². The number of hydrogen-bond donors (Lipinski definition) is 0. The van der Waals surface area contributed by atoms with Crippen LogP contribution in [-0.4, -0.2) is 54.7 Å². The molecule has 1 aromatic rings. The Balaban J connectivity index is 1.38. The number of ether oxygens (including phenoxy) is 1. The van der Waals surface area contributed by atoms with Gasteiger partial charge in [0.05, 0.1) is 18.8 Å². The molecule has 3 aliphatic rings. The number of morpholine rings is 1. The van der Waals surface area contributed by atoms with E-state index in [0.29, 0.717) is 12.1 Å². The fourth-order valence-corrected chi connectivity index (χ4v) is 4.56. The molecule has 1 aliphatic carbocycles. The third-order valence-electron chi connectivity index (χ3n) is 5.71. The Morgan fingerprint density at radius 2 is 1.86 bits per heavy atom. The van der Waals surface area contributed by atoms with Crippen molar-refractivity contribution < 1.29 is 4.74 Å². The zero-order chi connectivity index (χ0) is 14.8. The van der Waals surface area contributed by atoms with Crippen molar-refractivity contribution in [3.8, 4) is 0 Å². The first-order valence-corrected chi connectivity index (χ1v) is 9.00. The van der Waals surface area contributed by atoms with Crippen molar-refractivity contribution in [3.05, 3.63) is 35.9 Å². The van der Waals surface area contributed by atoms with Gasteiger partial charge in [-0.15, -0.1) is 0 Å². The largest absolute Gasteiger partial charge is 0.374 e. The molecular formula is C19H28N2O. The van der Waals surface area contributed by atoms with Crippen LogP contribution in [0.15, 0.2) is 30.3 Å². The summed E-state index contributed by atoms with van der Waals surface area (Å²) in [4.78, 5) is 5.33. The van der Waals surface area contributed by atoms with E-state index in [1.54, 1.807) is 0 Å². The lowest BCUT2D eigenvalue weighted by Gasteiger charge is -2.37. The maximum atomic E-state index is 6.08. The van der Waals surface area contributed by atoms with Crippen molar-refractivity contribution in [2.24, 2.45) is 5.92 Å². The average Bonchev–Trinajstić information content (AvgIpc) is 3.18. The highest BCUT2D eigenvalue weighted by atomic mass is 16.5. The fraction of sp³-hybridized carbons (Fsp3) is 0.684. The van der Waals surface area contributed by atoms with Gasteiger partial charge in [0, 0.05) is 32.7 Å². The highest BCUT2D eigenvalue weighted by Crippen LogP contribution is 2.29. The van der Waals surface area contributed by atoms with E-state index in [4.69, 9.17) is 4.74 Å². The lowest BCUT2D eigenvalue weighted by Crippen LogP contribution is -2.50. The Hall–Kier alpha value is -0.900. The van der Waals surface area contributed by atoms with Crippen LogP contribution < -0.4 is 0 Å². The standard InChI is InChI=1S/C19H28N2O/c1-2-6-17(7-3-1)13-21-10-11-22-19-15-20(14-18(19)21)12-16-8-4-5-9-16/h1-3,6-7,16,18-19H,4-5,8-15H2/t18-,19-/m1/s1. The third kappa shape index (κ3) is 3.22. The van der Waals surface area contributed by atoms with Crippen LogP contribution in [0.2, 0.25) is 0 Å². The van der Waals surface area contributed by atoms with Crippen LogP contribution in [0.3, 0.4) is 0 Å². The van der Waals surface area contributed by atoms with Gasteiger partial charge in [-0.25, -0.2) is 0 Å². The molecule has 2 saturated heterocycles. The summed E-state index contributed by atoms with van der Waals surface area (Å²) in [5.41, 5.74) is 1.43. The number of fused-ring (bicyclic) bond motifs is 1. The minimum absolute atomic E-state index is 0.430. The van der Waals surface area contributed by atoms with E-state index in [-0.39, 0.29) is 0 Å². The number of likely N-dealkylation sites (tertiary alicyclic amines) is 1. The molecule has 3 fully saturated rings. The number of rotatable bonds is 4. The van der Waals surface area contributed by atoms with Crippen molar-refractivity contribution in [1.29, 1.82) is 0 Å². The second kappa shape index (κ2) is 6.69. The van der Waals surface area contributed by atoms with Crippen LogP contribution in [-0.2, 0) is 11.3 Å². The molecule has 120 valence electrons. The first-order valence-electron chi connectivity index (χ1n) is 9.00. The quantitative estimate of drug-likeness (QED) is 0.850. The first kappa shape index (κ1) is 14.7. The van der Waals surface area contributed by atoms with Crippen LogP contribution in [0.25, 0.3) is 0 Å². The van der Waals surface area contributed by atoms with Gasteiger partial charge in [-0.05, 0) is 24.3 Å². The molecule has 0 amide bonds. The molecule has 0 radical (unpaired) electrons. The van der Waals surface area contributed by atoms with E-state index in [1.807, 2.05) is 0 Å². The van der Waals surface area contributed by atoms with Gasteiger partial charge in [0.2, 0.25) is 0 Å². The number of nitrogens with zero attached hydrogens (tertiary/aromatic N) is 2. The van der Waals surface area contributed by atoms with Gasteiger partial charge in [-0.1, -0.05) is 43.2 Å². The average molecular weight is 300 g/mol. The van der Waals surface area contributed by atoms with Crippen molar-refractivity contribution in [1.82, 2.24) is 9.80 Å². The van der Waals surface area contributed by atoms with E-state index in [1.165, 1.54) is 44.3 Å². The summed E-state index contributed by atoms with van der Waals surface area (Å²) in [5, 5.41) is 0. The van der Waals surface area contributed by atoms with E-state index in [9.17, 15) is 0 Å². The zero-order valence-corrected chi connectivity index (χ0v) is 13.5. The third-order valence-corrected chi connectivity index (χ3v) is 5.71. The van der Waals surface area contributed by atoms with Gasteiger partial charge in [0.25, 0.3) is 0 Å². The van der Waals surface area contributed by atoms with E-state index in [0.717, 1.165) is 32.2 Å². The maximum absolute atomic E-state index is 6.08. The SMILES string of the molecule is c1ccc(CN2CCO[C@@H]3CN(CC4CCCC4)C[C@H]32)cc1. The molecule has 0 unspecified atom stereocenters. The van der Waals surface area contributed by atoms with Crippen molar-refractivity contribution in [2.45, 2.75) is 44.4 Å². The van der Waals surface area contributed by atoms with Crippen molar-refractivity contribution >= 4 is 0 Å². The molecule has 0 bridgehead atoms. The predicted molar refractivity (Wildman–Crippen MR) is 88.8 cm³/mol. The Morgan fingerprint density at radius 3 is 2.68 bits per heavy atom. The minimum Gasteiger partial charge on any atom is -0.374 e. The van der Waals surface area contributed by atoms with Crippen LogP contribution in [0.1, 0.15) is 31.2 Å². The topological polar surface area (TPSA) is 15.7 Å². The fourth-order valence-electron chi connectivity index (χ4n) is 4.56. The van der Waals surface area contributed by atoms with Gasteiger partial charge in [-0.2, -0.15) is 0 Å². The Labute approximate surface area is 134 Å². The highest BCUT2D eigenvalue weighted by Gasteiger charge is 2.40. The molecule has 3 nitrogen and oxygen atoms in total. The number of hydrogen-bond acceptors (Lipinski definition) is 3. The molecule has 3 heteroatoms. The summed E-state index contributed by atoms with van der Waals surface area (Å²) in [6.07, 6.45) is 6.21.